The minimum atomic E-state index is -0.153. The van der Waals surface area contributed by atoms with Crippen molar-refractivity contribution in [2.24, 2.45) is 0 Å². The molecule has 0 radical (unpaired) electrons. The number of hydrogen-bond donors (Lipinski definition) is 1. The summed E-state index contributed by atoms with van der Waals surface area (Å²) in [4.78, 5) is 10.8. The first-order valence-corrected chi connectivity index (χ1v) is 4.00. The average molecular weight is 175 g/mol. The third-order valence-corrected chi connectivity index (χ3v) is 2.03. The molecule has 0 saturated carbocycles. The highest BCUT2D eigenvalue weighted by molar-refractivity contribution is 7.07. The van der Waals surface area contributed by atoms with Crippen molar-refractivity contribution in [2.75, 3.05) is 13.7 Å². The molecule has 0 bridgehead atoms. The molecule has 1 heterocycles. The molecule has 1 N–H and O–H groups in total. The fourth-order valence-corrected chi connectivity index (χ4v) is 1.36. The van der Waals surface area contributed by atoms with Gasteiger partial charge in [-0.15, -0.1) is 0 Å². The van der Waals surface area contributed by atoms with E-state index in [0.717, 1.165) is 11.3 Å². The average Bonchev–Trinajstić information content (AvgIpc) is 2.29. The minimum Gasteiger partial charge on any atom is -0.494 e. The Morgan fingerprint density at radius 2 is 2.55 bits per heavy atom. The van der Waals surface area contributed by atoms with Crippen molar-refractivity contribution < 1.29 is 9.84 Å². The van der Waals surface area contributed by atoms with Gasteiger partial charge in [-0.05, 0) is 0 Å². The van der Waals surface area contributed by atoms with Gasteiger partial charge in [-0.3, -0.25) is 9.36 Å². The number of nitrogens with zero attached hydrogens (tertiary/aromatic N) is 1. The Morgan fingerprint density at radius 1 is 1.82 bits per heavy atom. The molecule has 5 heteroatoms. The first-order chi connectivity index (χ1) is 5.25. The molecule has 11 heavy (non-hydrogen) atoms. The lowest BCUT2D eigenvalue weighted by atomic mass is 10.6. The Hall–Kier alpha value is -0.810. The van der Waals surface area contributed by atoms with Crippen molar-refractivity contribution in [1.29, 1.82) is 0 Å². The van der Waals surface area contributed by atoms with Crippen molar-refractivity contribution in [3.8, 4) is 5.88 Å². The number of thiazole rings is 1. The molecule has 0 aliphatic carbocycles. The number of aromatic hydroxyl groups is 1. The van der Waals surface area contributed by atoms with E-state index in [-0.39, 0.29) is 10.8 Å². The van der Waals surface area contributed by atoms with E-state index in [0.29, 0.717) is 13.2 Å². The van der Waals surface area contributed by atoms with Crippen LogP contribution >= 0.6 is 11.3 Å². The second kappa shape index (κ2) is 3.54. The maximum Gasteiger partial charge on any atom is 0.310 e. The number of ether oxygens (including phenoxy) is 1. The Balaban J connectivity index is 2.75. The zero-order chi connectivity index (χ0) is 8.27. The quantitative estimate of drug-likeness (QED) is 0.717. The summed E-state index contributed by atoms with van der Waals surface area (Å²) in [7, 11) is 1.55. The summed E-state index contributed by atoms with van der Waals surface area (Å²) in [6.45, 7) is 0.842. The summed E-state index contributed by atoms with van der Waals surface area (Å²) >= 11 is 0.983. The maximum absolute atomic E-state index is 10.9. The molecule has 0 unspecified atom stereocenters. The summed E-state index contributed by atoms with van der Waals surface area (Å²) in [5, 5.41) is 10.5. The van der Waals surface area contributed by atoms with E-state index in [1.807, 2.05) is 0 Å². The molecular weight excluding hydrogens is 166 g/mol. The van der Waals surface area contributed by atoms with E-state index < -0.39 is 0 Å². The lowest BCUT2D eigenvalue weighted by Crippen LogP contribution is -2.15. The van der Waals surface area contributed by atoms with Gasteiger partial charge in [-0.2, -0.15) is 0 Å². The van der Waals surface area contributed by atoms with Gasteiger partial charge >= 0.3 is 4.87 Å². The van der Waals surface area contributed by atoms with Crippen molar-refractivity contribution in [1.82, 2.24) is 4.57 Å². The molecule has 0 atom stereocenters. The van der Waals surface area contributed by atoms with Gasteiger partial charge in [0.25, 0.3) is 0 Å². The van der Waals surface area contributed by atoms with Gasteiger partial charge in [-0.25, -0.2) is 0 Å². The SMILES string of the molecule is COCCn1c(O)csc1=O. The second-order valence-corrected chi connectivity index (χ2v) is 2.82. The van der Waals surface area contributed by atoms with Gasteiger partial charge in [0.2, 0.25) is 5.88 Å². The zero-order valence-corrected chi connectivity index (χ0v) is 6.93. The number of rotatable bonds is 3. The molecule has 0 spiro atoms. The summed E-state index contributed by atoms with van der Waals surface area (Å²) < 4.78 is 6.03. The third-order valence-electron chi connectivity index (χ3n) is 1.28. The summed E-state index contributed by atoms with van der Waals surface area (Å²) in [5.41, 5.74) is 0. The summed E-state index contributed by atoms with van der Waals surface area (Å²) in [6.07, 6.45) is 0. The van der Waals surface area contributed by atoms with E-state index in [9.17, 15) is 4.79 Å². The third kappa shape index (κ3) is 1.81. The molecule has 4 nitrogen and oxygen atoms in total. The van der Waals surface area contributed by atoms with Crippen LogP contribution in [0.15, 0.2) is 10.2 Å². The Bertz CT molecular complexity index is 278. The zero-order valence-electron chi connectivity index (χ0n) is 6.11. The van der Waals surface area contributed by atoms with Gasteiger partial charge < -0.3 is 9.84 Å². The largest absolute Gasteiger partial charge is 0.494 e. The molecule has 0 aliphatic heterocycles. The second-order valence-electron chi connectivity index (χ2n) is 2.00. The molecule has 0 aliphatic rings. The lowest BCUT2D eigenvalue weighted by molar-refractivity contribution is 0.183. The Labute approximate surface area is 67.7 Å². The monoisotopic (exact) mass is 175 g/mol. The van der Waals surface area contributed by atoms with Crippen LogP contribution in [0.25, 0.3) is 0 Å². The van der Waals surface area contributed by atoms with E-state index in [1.165, 1.54) is 9.95 Å². The summed E-state index contributed by atoms with van der Waals surface area (Å²) in [6, 6.07) is 0. The molecule has 1 aromatic heterocycles. The lowest BCUT2D eigenvalue weighted by Gasteiger charge is -2.00. The van der Waals surface area contributed by atoms with Gasteiger partial charge in [0.1, 0.15) is 0 Å². The normalized spacial score (nSPS) is 10.3. The Morgan fingerprint density at radius 3 is 3.00 bits per heavy atom. The van der Waals surface area contributed by atoms with Crippen LogP contribution in [0.1, 0.15) is 0 Å². The molecular formula is C6H9NO3S. The standard InChI is InChI=1S/C6H9NO3S/c1-10-3-2-7-5(8)4-11-6(7)9/h4,8H,2-3H2,1H3. The molecule has 0 aromatic carbocycles. The van der Waals surface area contributed by atoms with Crippen LogP contribution in [0.5, 0.6) is 5.88 Å². The van der Waals surface area contributed by atoms with Gasteiger partial charge in [-0.1, -0.05) is 11.3 Å². The van der Waals surface area contributed by atoms with Crippen molar-refractivity contribution in [3.05, 3.63) is 15.0 Å². The topological polar surface area (TPSA) is 51.5 Å². The highest BCUT2D eigenvalue weighted by Crippen LogP contribution is 2.07. The predicted octanol–water partition coefficient (Wildman–Crippen LogP) is 0.262. The van der Waals surface area contributed by atoms with E-state index in [2.05, 4.69) is 0 Å². The van der Waals surface area contributed by atoms with Crippen LogP contribution in [0, 0.1) is 0 Å². The minimum absolute atomic E-state index is 0.0112. The van der Waals surface area contributed by atoms with E-state index in [1.54, 1.807) is 7.11 Å². The van der Waals surface area contributed by atoms with Crippen LogP contribution in [-0.4, -0.2) is 23.4 Å². The van der Waals surface area contributed by atoms with Gasteiger partial charge in [0.05, 0.1) is 18.5 Å². The smallest absolute Gasteiger partial charge is 0.310 e. The van der Waals surface area contributed by atoms with Crippen molar-refractivity contribution in [2.45, 2.75) is 6.54 Å². The van der Waals surface area contributed by atoms with Crippen molar-refractivity contribution in [3.63, 3.8) is 0 Å². The number of hydrogen-bond acceptors (Lipinski definition) is 4. The fraction of sp³-hybridized carbons (Fsp3) is 0.500. The molecule has 0 amide bonds. The van der Waals surface area contributed by atoms with Crippen LogP contribution in [0.4, 0.5) is 0 Å². The first kappa shape index (κ1) is 8.29. The summed E-state index contributed by atoms with van der Waals surface area (Å²) in [5.74, 6) is 0.0112. The molecule has 0 fully saturated rings. The maximum atomic E-state index is 10.9. The number of methoxy groups -OCH3 is 1. The van der Waals surface area contributed by atoms with Crippen LogP contribution in [0.3, 0.4) is 0 Å². The molecule has 1 aromatic rings. The molecule has 1 rings (SSSR count). The van der Waals surface area contributed by atoms with E-state index in [4.69, 9.17) is 9.84 Å². The Kier molecular flexibility index (Phi) is 2.67. The van der Waals surface area contributed by atoms with Crippen LogP contribution in [0.2, 0.25) is 0 Å². The van der Waals surface area contributed by atoms with E-state index >= 15 is 0 Å². The fourth-order valence-electron chi connectivity index (χ4n) is 0.712. The van der Waals surface area contributed by atoms with Crippen LogP contribution < -0.4 is 4.87 Å². The highest BCUT2D eigenvalue weighted by atomic mass is 32.1. The van der Waals surface area contributed by atoms with Gasteiger partial charge in [0.15, 0.2) is 0 Å². The predicted molar refractivity (Wildman–Crippen MR) is 42.1 cm³/mol. The number of aromatic nitrogens is 1. The first-order valence-electron chi connectivity index (χ1n) is 3.12. The van der Waals surface area contributed by atoms with Gasteiger partial charge in [0, 0.05) is 7.11 Å². The highest BCUT2D eigenvalue weighted by Gasteiger charge is 2.02. The molecule has 62 valence electrons. The van der Waals surface area contributed by atoms with Crippen molar-refractivity contribution >= 4 is 11.3 Å². The van der Waals surface area contributed by atoms with Crippen LogP contribution in [-0.2, 0) is 11.3 Å². The molecule has 0 saturated heterocycles.